The summed E-state index contributed by atoms with van der Waals surface area (Å²) in [4.78, 5) is 0. The zero-order valence-electron chi connectivity index (χ0n) is 14.0. The highest BCUT2D eigenvalue weighted by atomic mass is 15.0. The Kier molecular flexibility index (Phi) is 4.43. The Bertz CT molecular complexity index is 846. The van der Waals surface area contributed by atoms with E-state index >= 15 is 0 Å². The van der Waals surface area contributed by atoms with Crippen LogP contribution in [-0.4, -0.2) is 0 Å². The molecule has 5 nitrogen and oxygen atoms in total. The van der Waals surface area contributed by atoms with E-state index in [1.54, 1.807) is 0 Å². The van der Waals surface area contributed by atoms with Crippen molar-refractivity contribution in [2.75, 3.05) is 0 Å². The Balaban J connectivity index is 2.19. The molecule has 124 valence electrons. The first-order valence-corrected chi connectivity index (χ1v) is 8.24. The second-order valence-corrected chi connectivity index (χ2v) is 6.54. The molecule has 5 heteroatoms. The Labute approximate surface area is 152 Å². The maximum absolute atomic E-state index is 9.84. The lowest BCUT2D eigenvalue weighted by molar-refractivity contribution is -0.762. The molecule has 2 N–H and O–H groups in total. The summed E-state index contributed by atoms with van der Waals surface area (Å²) in [7, 11) is 0. The Morgan fingerprint density at radius 1 is 0.654 bits per heavy atom. The fourth-order valence-corrected chi connectivity index (χ4v) is 3.78. The highest BCUT2D eigenvalue weighted by molar-refractivity contribution is 5.36. The molecule has 1 aliphatic rings. The lowest BCUT2D eigenvalue weighted by atomic mass is 9.60. The molecule has 1 heterocycles. The van der Waals surface area contributed by atoms with Crippen molar-refractivity contribution in [3.05, 3.63) is 71.8 Å². The molecule has 0 bridgehead atoms. The highest BCUT2D eigenvalue weighted by Crippen LogP contribution is 2.49. The van der Waals surface area contributed by atoms with E-state index in [4.69, 9.17) is 0 Å². The number of benzene rings is 2. The molecule has 0 aromatic heterocycles. The Morgan fingerprint density at radius 3 is 1.31 bits per heavy atom. The normalized spacial score (nSPS) is 22.8. The number of rotatable bonds is 2. The fourth-order valence-electron chi connectivity index (χ4n) is 3.78. The van der Waals surface area contributed by atoms with Crippen LogP contribution in [0.2, 0.25) is 0 Å². The van der Waals surface area contributed by atoms with Crippen molar-refractivity contribution >= 4 is 0 Å². The van der Waals surface area contributed by atoms with Gasteiger partial charge in [-0.25, -0.2) is 0 Å². The van der Waals surface area contributed by atoms with Crippen LogP contribution in [0.25, 0.3) is 0 Å². The summed E-state index contributed by atoms with van der Waals surface area (Å²) >= 11 is 0. The lowest BCUT2D eigenvalue weighted by Crippen LogP contribution is -2.93. The van der Waals surface area contributed by atoms with E-state index in [0.29, 0.717) is 0 Å². The molecule has 0 radical (unpaired) electrons. The molecule has 26 heavy (non-hydrogen) atoms. The maximum Gasteiger partial charge on any atom is 0.201 e. The van der Waals surface area contributed by atoms with Gasteiger partial charge in [0.1, 0.15) is 12.1 Å². The number of nitrogens with two attached hydrogens (primary N) is 1. The van der Waals surface area contributed by atoms with Gasteiger partial charge in [0, 0.05) is 17.5 Å². The fraction of sp³-hybridized carbons (Fsp3) is 0.238. The van der Waals surface area contributed by atoms with Gasteiger partial charge in [-0.2, -0.15) is 21.0 Å². The average Bonchev–Trinajstić information content (AvgIpc) is 2.74. The zero-order chi connectivity index (χ0) is 18.6. The third kappa shape index (κ3) is 2.58. The molecule has 1 fully saturated rings. The molecular formula is C21H16N5+. The third-order valence-electron chi connectivity index (χ3n) is 5.12. The van der Waals surface area contributed by atoms with Crippen LogP contribution in [0.3, 0.4) is 0 Å². The minimum absolute atomic E-state index is 0.115. The van der Waals surface area contributed by atoms with Crippen LogP contribution < -0.4 is 5.32 Å². The van der Waals surface area contributed by atoms with Gasteiger partial charge in [-0.05, 0) is 0 Å². The minimum atomic E-state index is -1.46. The molecule has 2 aromatic rings. The van der Waals surface area contributed by atoms with E-state index in [9.17, 15) is 21.0 Å². The van der Waals surface area contributed by atoms with Crippen molar-refractivity contribution in [1.29, 1.82) is 21.0 Å². The summed E-state index contributed by atoms with van der Waals surface area (Å²) in [5.41, 5.74) is -1.25. The van der Waals surface area contributed by atoms with Crippen molar-refractivity contribution in [3.8, 4) is 24.3 Å². The van der Waals surface area contributed by atoms with Gasteiger partial charge in [0.2, 0.25) is 10.8 Å². The Hall–Kier alpha value is -3.64. The number of nitrogens with zero attached hydrogens (tertiary/aromatic N) is 4. The standard InChI is InChI=1S/C21H15N5/c22-12-20(13-23)11-21(14-24,15-25)19(17-9-5-2-6-10-17)26-18(20)16-7-3-1-4-8-16/h1-10,18-19,26H,11H2/p+1/t18-,19-/m0/s1. The van der Waals surface area contributed by atoms with Gasteiger partial charge < -0.3 is 5.32 Å². The van der Waals surface area contributed by atoms with E-state index in [2.05, 4.69) is 24.3 Å². The molecule has 0 unspecified atom stereocenters. The largest absolute Gasteiger partial charge is 0.329 e. The molecule has 0 saturated carbocycles. The average molecular weight is 338 g/mol. The smallest absolute Gasteiger partial charge is 0.201 e. The summed E-state index contributed by atoms with van der Waals surface area (Å²) in [6.45, 7) is 0. The molecule has 1 saturated heterocycles. The summed E-state index contributed by atoms with van der Waals surface area (Å²) in [6, 6.07) is 26.2. The third-order valence-corrected chi connectivity index (χ3v) is 5.12. The van der Waals surface area contributed by atoms with Gasteiger partial charge in [-0.1, -0.05) is 60.7 Å². The number of hydrogen-bond acceptors (Lipinski definition) is 4. The lowest BCUT2D eigenvalue weighted by Gasteiger charge is -2.42. The van der Waals surface area contributed by atoms with Gasteiger partial charge in [-0.15, -0.1) is 0 Å². The first-order chi connectivity index (χ1) is 12.6. The van der Waals surface area contributed by atoms with Gasteiger partial charge in [0.05, 0.1) is 24.3 Å². The van der Waals surface area contributed by atoms with E-state index in [1.807, 2.05) is 66.0 Å². The predicted octanol–water partition coefficient (Wildman–Crippen LogP) is 2.50. The monoisotopic (exact) mass is 338 g/mol. The Morgan fingerprint density at radius 2 is 1.00 bits per heavy atom. The molecular weight excluding hydrogens is 322 g/mol. The molecule has 0 spiro atoms. The minimum Gasteiger partial charge on any atom is -0.329 e. The van der Waals surface area contributed by atoms with Crippen LogP contribution in [0, 0.1) is 56.2 Å². The quantitative estimate of drug-likeness (QED) is 0.906. The van der Waals surface area contributed by atoms with Crippen LogP contribution in [0.5, 0.6) is 0 Å². The van der Waals surface area contributed by atoms with Crippen molar-refractivity contribution < 1.29 is 5.32 Å². The zero-order valence-corrected chi connectivity index (χ0v) is 14.0. The number of nitriles is 4. The van der Waals surface area contributed by atoms with Crippen molar-refractivity contribution in [1.82, 2.24) is 0 Å². The topological polar surface area (TPSA) is 112 Å². The second kappa shape index (κ2) is 6.70. The van der Waals surface area contributed by atoms with Gasteiger partial charge in [0.25, 0.3) is 0 Å². The SMILES string of the molecule is N#CC1(C#N)CC(C#N)(C#N)[C@H](c2ccccc2)[NH2+][C@H]1c1ccccc1. The number of quaternary nitrogens is 1. The molecule has 1 aliphatic heterocycles. The van der Waals surface area contributed by atoms with Crippen LogP contribution in [-0.2, 0) is 0 Å². The van der Waals surface area contributed by atoms with Crippen molar-refractivity contribution in [2.45, 2.75) is 18.5 Å². The van der Waals surface area contributed by atoms with Crippen LogP contribution >= 0.6 is 0 Å². The van der Waals surface area contributed by atoms with Crippen LogP contribution in [0.4, 0.5) is 0 Å². The molecule has 3 rings (SSSR count). The van der Waals surface area contributed by atoms with Gasteiger partial charge >= 0.3 is 0 Å². The van der Waals surface area contributed by atoms with E-state index in [-0.39, 0.29) is 6.42 Å². The second-order valence-electron chi connectivity index (χ2n) is 6.54. The number of piperidine rings is 1. The van der Waals surface area contributed by atoms with Gasteiger partial charge in [0.15, 0.2) is 0 Å². The van der Waals surface area contributed by atoms with Crippen LogP contribution in [0.1, 0.15) is 29.6 Å². The van der Waals surface area contributed by atoms with Crippen molar-refractivity contribution in [2.24, 2.45) is 10.8 Å². The first kappa shape index (κ1) is 17.2. The molecule has 2 aromatic carbocycles. The predicted molar refractivity (Wildman–Crippen MR) is 92.2 cm³/mol. The van der Waals surface area contributed by atoms with E-state index in [1.165, 1.54) is 0 Å². The summed E-state index contributed by atoms with van der Waals surface area (Å²) < 4.78 is 0. The van der Waals surface area contributed by atoms with Crippen molar-refractivity contribution in [3.63, 3.8) is 0 Å². The highest BCUT2D eigenvalue weighted by Gasteiger charge is 2.61. The summed E-state index contributed by atoms with van der Waals surface area (Å²) in [6.07, 6.45) is -0.115. The first-order valence-electron chi connectivity index (χ1n) is 8.24. The summed E-state index contributed by atoms with van der Waals surface area (Å²) in [5, 5.41) is 41.2. The molecule has 2 atom stereocenters. The summed E-state index contributed by atoms with van der Waals surface area (Å²) in [5.74, 6) is 0. The van der Waals surface area contributed by atoms with Gasteiger partial charge in [-0.3, -0.25) is 0 Å². The van der Waals surface area contributed by atoms with E-state index in [0.717, 1.165) is 11.1 Å². The van der Waals surface area contributed by atoms with E-state index < -0.39 is 22.9 Å². The van der Waals surface area contributed by atoms with Crippen LogP contribution in [0.15, 0.2) is 60.7 Å². The number of hydrogen-bond donors (Lipinski definition) is 1. The maximum atomic E-state index is 9.84. The molecule has 0 amide bonds. The molecule has 0 aliphatic carbocycles.